The maximum atomic E-state index is 12.0. The van der Waals surface area contributed by atoms with Gasteiger partial charge in [0.25, 0.3) is 5.91 Å². The van der Waals surface area contributed by atoms with Gasteiger partial charge in [-0.3, -0.25) is 9.59 Å². The molecule has 3 rings (SSSR count). The van der Waals surface area contributed by atoms with Crippen LogP contribution < -0.4 is 15.0 Å². The van der Waals surface area contributed by atoms with Crippen molar-refractivity contribution in [3.05, 3.63) is 54.1 Å². The Morgan fingerprint density at radius 1 is 0.963 bits per heavy atom. The van der Waals surface area contributed by atoms with Crippen molar-refractivity contribution < 1.29 is 14.3 Å². The predicted octanol–water partition coefficient (Wildman–Crippen LogP) is 2.68. The number of nitrogens with one attached hydrogen (secondary N) is 1. The number of carbonyl (C=O) groups is 2. The van der Waals surface area contributed by atoms with Gasteiger partial charge >= 0.3 is 0 Å². The molecule has 0 atom stereocenters. The first-order valence-electron chi connectivity index (χ1n) is 9.11. The van der Waals surface area contributed by atoms with Crippen molar-refractivity contribution in [1.29, 1.82) is 0 Å². The number of nitrogens with zero attached hydrogens (tertiary/aromatic N) is 2. The van der Waals surface area contributed by atoms with Crippen molar-refractivity contribution in [2.24, 2.45) is 0 Å². The molecule has 1 fully saturated rings. The van der Waals surface area contributed by atoms with E-state index in [2.05, 4.69) is 10.2 Å². The van der Waals surface area contributed by atoms with Gasteiger partial charge < -0.3 is 19.9 Å². The van der Waals surface area contributed by atoms with Gasteiger partial charge in [-0.1, -0.05) is 17.7 Å². The van der Waals surface area contributed by atoms with Crippen molar-refractivity contribution in [2.75, 3.05) is 43.0 Å². The fourth-order valence-corrected chi connectivity index (χ4v) is 3.02. The third-order valence-corrected chi connectivity index (χ3v) is 4.63. The van der Waals surface area contributed by atoms with E-state index in [1.807, 2.05) is 60.4 Å². The van der Waals surface area contributed by atoms with Crippen LogP contribution in [0.5, 0.6) is 5.75 Å². The average Bonchev–Trinajstić information content (AvgIpc) is 2.69. The van der Waals surface area contributed by atoms with Gasteiger partial charge in [0.05, 0.1) is 0 Å². The molecule has 0 aromatic heterocycles. The summed E-state index contributed by atoms with van der Waals surface area (Å²) in [5.41, 5.74) is 3.00. The van der Waals surface area contributed by atoms with Gasteiger partial charge in [0.15, 0.2) is 6.61 Å². The molecule has 6 nitrogen and oxygen atoms in total. The van der Waals surface area contributed by atoms with E-state index in [0.717, 1.165) is 43.1 Å². The van der Waals surface area contributed by atoms with Gasteiger partial charge in [0.1, 0.15) is 5.75 Å². The molecule has 2 aromatic carbocycles. The van der Waals surface area contributed by atoms with E-state index in [1.165, 1.54) is 0 Å². The second-order valence-corrected chi connectivity index (χ2v) is 6.69. The van der Waals surface area contributed by atoms with Crippen LogP contribution in [0.3, 0.4) is 0 Å². The summed E-state index contributed by atoms with van der Waals surface area (Å²) in [4.78, 5) is 27.5. The van der Waals surface area contributed by atoms with Crippen LogP contribution in [0.4, 0.5) is 11.4 Å². The van der Waals surface area contributed by atoms with Gasteiger partial charge in [0.2, 0.25) is 5.91 Å². The molecule has 0 spiro atoms. The first-order valence-corrected chi connectivity index (χ1v) is 9.11. The molecule has 0 unspecified atom stereocenters. The lowest BCUT2D eigenvalue weighted by Gasteiger charge is -2.35. The van der Waals surface area contributed by atoms with Crippen molar-refractivity contribution in [1.82, 2.24) is 4.90 Å². The fourth-order valence-electron chi connectivity index (χ4n) is 3.02. The van der Waals surface area contributed by atoms with Gasteiger partial charge in [-0.15, -0.1) is 0 Å². The van der Waals surface area contributed by atoms with Crippen LogP contribution in [0.25, 0.3) is 0 Å². The van der Waals surface area contributed by atoms with Gasteiger partial charge in [-0.05, 0) is 43.3 Å². The molecule has 0 radical (unpaired) electrons. The Hall–Kier alpha value is -3.02. The summed E-state index contributed by atoms with van der Waals surface area (Å²) in [6, 6.07) is 15.3. The summed E-state index contributed by atoms with van der Waals surface area (Å²) in [5, 5.41) is 2.81. The largest absolute Gasteiger partial charge is 0.484 e. The van der Waals surface area contributed by atoms with Crippen LogP contribution in [0, 0.1) is 6.92 Å². The highest BCUT2D eigenvalue weighted by atomic mass is 16.5. The fraction of sp³-hybridized carbons (Fsp3) is 0.333. The zero-order valence-corrected chi connectivity index (χ0v) is 15.8. The molecule has 1 saturated heterocycles. The third-order valence-electron chi connectivity index (χ3n) is 4.63. The monoisotopic (exact) mass is 367 g/mol. The highest BCUT2D eigenvalue weighted by Gasteiger charge is 2.18. The Morgan fingerprint density at radius 2 is 1.59 bits per heavy atom. The highest BCUT2D eigenvalue weighted by molar-refractivity contribution is 5.91. The molecule has 0 aliphatic carbocycles. The van der Waals surface area contributed by atoms with E-state index >= 15 is 0 Å². The maximum Gasteiger partial charge on any atom is 0.262 e. The number of rotatable bonds is 5. The Kier molecular flexibility index (Phi) is 5.96. The lowest BCUT2D eigenvalue weighted by atomic mass is 10.2. The minimum absolute atomic E-state index is 0.0372. The summed E-state index contributed by atoms with van der Waals surface area (Å²) in [6.07, 6.45) is 0. The van der Waals surface area contributed by atoms with Crippen LogP contribution >= 0.6 is 0 Å². The predicted molar refractivity (Wildman–Crippen MR) is 106 cm³/mol. The van der Waals surface area contributed by atoms with Crippen molar-refractivity contribution in [3.63, 3.8) is 0 Å². The average molecular weight is 367 g/mol. The summed E-state index contributed by atoms with van der Waals surface area (Å²) in [6.45, 7) is 6.69. The number of anilines is 2. The maximum absolute atomic E-state index is 12.0. The molecule has 142 valence electrons. The second kappa shape index (κ2) is 8.58. The Labute approximate surface area is 159 Å². The molecule has 1 aliphatic heterocycles. The van der Waals surface area contributed by atoms with Crippen LogP contribution in [-0.4, -0.2) is 49.5 Å². The van der Waals surface area contributed by atoms with Crippen molar-refractivity contribution in [3.8, 4) is 5.75 Å². The third kappa shape index (κ3) is 5.23. The van der Waals surface area contributed by atoms with Crippen molar-refractivity contribution in [2.45, 2.75) is 13.8 Å². The summed E-state index contributed by atoms with van der Waals surface area (Å²) < 4.78 is 5.57. The lowest BCUT2D eigenvalue weighted by Crippen LogP contribution is -2.48. The highest BCUT2D eigenvalue weighted by Crippen LogP contribution is 2.21. The summed E-state index contributed by atoms with van der Waals surface area (Å²) in [7, 11) is 0. The van der Waals surface area contributed by atoms with Gasteiger partial charge in [0, 0.05) is 44.5 Å². The van der Waals surface area contributed by atoms with E-state index in [0.29, 0.717) is 5.75 Å². The van der Waals surface area contributed by atoms with Crippen LogP contribution in [0.2, 0.25) is 0 Å². The number of hydrogen-bond acceptors (Lipinski definition) is 4. The SMILES string of the molecule is CC(=O)N1CCN(c2ccc(OCC(=O)Nc3ccc(C)cc3)cc2)CC1. The second-order valence-electron chi connectivity index (χ2n) is 6.69. The smallest absolute Gasteiger partial charge is 0.262 e. The van der Waals surface area contributed by atoms with Crippen LogP contribution in [0.15, 0.2) is 48.5 Å². The number of hydrogen-bond donors (Lipinski definition) is 1. The zero-order valence-electron chi connectivity index (χ0n) is 15.8. The van der Waals surface area contributed by atoms with E-state index < -0.39 is 0 Å². The molecule has 6 heteroatoms. The molecule has 0 saturated carbocycles. The minimum Gasteiger partial charge on any atom is -0.484 e. The molecule has 1 N–H and O–H groups in total. The zero-order chi connectivity index (χ0) is 19.2. The topological polar surface area (TPSA) is 61.9 Å². The van der Waals surface area contributed by atoms with E-state index in [9.17, 15) is 9.59 Å². The molecule has 1 aliphatic rings. The summed E-state index contributed by atoms with van der Waals surface area (Å²) >= 11 is 0. The Morgan fingerprint density at radius 3 is 2.19 bits per heavy atom. The number of benzene rings is 2. The van der Waals surface area contributed by atoms with Crippen LogP contribution in [0.1, 0.15) is 12.5 Å². The summed E-state index contributed by atoms with van der Waals surface area (Å²) in [5.74, 6) is 0.589. The number of amides is 2. The molecule has 27 heavy (non-hydrogen) atoms. The number of piperazine rings is 1. The normalized spacial score (nSPS) is 14.0. The molecule has 2 amide bonds. The van der Waals surface area contributed by atoms with E-state index in [1.54, 1.807) is 6.92 Å². The van der Waals surface area contributed by atoms with Gasteiger partial charge in [-0.2, -0.15) is 0 Å². The quantitative estimate of drug-likeness (QED) is 0.883. The Bertz CT molecular complexity index is 779. The molecular formula is C21H25N3O3. The number of carbonyl (C=O) groups excluding carboxylic acids is 2. The molecule has 2 aromatic rings. The molecule has 1 heterocycles. The number of aryl methyl sites for hydroxylation is 1. The molecule has 0 bridgehead atoms. The van der Waals surface area contributed by atoms with E-state index in [-0.39, 0.29) is 18.4 Å². The first kappa shape index (κ1) is 18.8. The lowest BCUT2D eigenvalue weighted by molar-refractivity contribution is -0.129. The minimum atomic E-state index is -0.191. The van der Waals surface area contributed by atoms with Crippen molar-refractivity contribution >= 4 is 23.2 Å². The van der Waals surface area contributed by atoms with Gasteiger partial charge in [-0.25, -0.2) is 0 Å². The molecular weight excluding hydrogens is 342 g/mol. The first-order chi connectivity index (χ1) is 13.0. The standard InChI is InChI=1S/C21H25N3O3/c1-16-3-5-18(6-4-16)22-21(26)15-27-20-9-7-19(8-10-20)24-13-11-23(12-14-24)17(2)25/h3-10H,11-15H2,1-2H3,(H,22,26). The van der Waals surface area contributed by atoms with E-state index in [4.69, 9.17) is 4.74 Å². The number of ether oxygens (including phenoxy) is 1. The van der Waals surface area contributed by atoms with Crippen LogP contribution in [-0.2, 0) is 9.59 Å². The Balaban J connectivity index is 1.47.